The number of rotatable bonds is 4. The van der Waals surface area contributed by atoms with Crippen LogP contribution in [0.25, 0.3) is 0 Å². The molecule has 0 radical (unpaired) electrons. The van der Waals surface area contributed by atoms with Crippen LogP contribution in [0.15, 0.2) is 11.0 Å². The Bertz CT molecular complexity index is 500. The number of fused-ring (bicyclic) bond motifs is 1. The summed E-state index contributed by atoms with van der Waals surface area (Å²) in [4.78, 5) is 1.16. The fraction of sp³-hybridized carbons (Fsp3) is 0.625. The van der Waals surface area contributed by atoms with Crippen molar-refractivity contribution in [3.05, 3.63) is 17.2 Å². The molecule has 0 aliphatic carbocycles. The maximum atomic E-state index is 5.74. The summed E-state index contributed by atoms with van der Waals surface area (Å²) >= 11 is 1.80. The van der Waals surface area contributed by atoms with Crippen LogP contribution in [-0.2, 0) is 5.41 Å². The minimum Gasteiger partial charge on any atom is -0.496 e. The van der Waals surface area contributed by atoms with Crippen LogP contribution >= 0.6 is 11.8 Å². The van der Waals surface area contributed by atoms with E-state index in [1.165, 1.54) is 11.1 Å². The molecular formula is C16H25NO2S. The van der Waals surface area contributed by atoms with E-state index >= 15 is 0 Å². The average Bonchev–Trinajstić information content (AvgIpc) is 2.42. The van der Waals surface area contributed by atoms with Crippen molar-refractivity contribution < 1.29 is 9.47 Å². The van der Waals surface area contributed by atoms with Gasteiger partial charge >= 0.3 is 0 Å². The Morgan fingerprint density at radius 2 is 2.05 bits per heavy atom. The number of ether oxygens (including phenoxy) is 2. The van der Waals surface area contributed by atoms with Crippen molar-refractivity contribution in [3.8, 4) is 11.5 Å². The van der Waals surface area contributed by atoms with Crippen molar-refractivity contribution in [2.24, 2.45) is 0 Å². The van der Waals surface area contributed by atoms with E-state index in [1.54, 1.807) is 26.0 Å². The highest BCUT2D eigenvalue weighted by molar-refractivity contribution is 7.99. The standard InChI is InChI=1S/C16H25NO2S/c1-7-20-12-8-11(18-5)14-13(15(12)19-6)10(2)17-9-16(14,3)4/h8,10,17H,7,9H2,1-6H3. The highest BCUT2D eigenvalue weighted by Crippen LogP contribution is 2.48. The van der Waals surface area contributed by atoms with E-state index in [1.807, 2.05) is 0 Å². The van der Waals surface area contributed by atoms with Gasteiger partial charge in [-0.15, -0.1) is 11.8 Å². The minimum atomic E-state index is 0.0376. The van der Waals surface area contributed by atoms with Gasteiger partial charge < -0.3 is 14.8 Å². The van der Waals surface area contributed by atoms with Crippen molar-refractivity contribution in [2.75, 3.05) is 26.5 Å². The number of thioether (sulfide) groups is 1. The lowest BCUT2D eigenvalue weighted by Crippen LogP contribution is -2.41. The van der Waals surface area contributed by atoms with Crippen LogP contribution in [-0.4, -0.2) is 26.5 Å². The Labute approximate surface area is 126 Å². The second kappa shape index (κ2) is 5.86. The van der Waals surface area contributed by atoms with Crippen LogP contribution < -0.4 is 14.8 Å². The molecule has 0 aromatic heterocycles. The molecule has 0 spiro atoms. The van der Waals surface area contributed by atoms with E-state index < -0.39 is 0 Å². The second-order valence-electron chi connectivity index (χ2n) is 5.82. The van der Waals surface area contributed by atoms with Gasteiger partial charge in [-0.2, -0.15) is 0 Å². The Morgan fingerprint density at radius 3 is 2.60 bits per heavy atom. The van der Waals surface area contributed by atoms with Crippen LogP contribution in [0.1, 0.15) is 44.9 Å². The predicted molar refractivity (Wildman–Crippen MR) is 85.4 cm³/mol. The third kappa shape index (κ3) is 2.51. The molecule has 0 amide bonds. The van der Waals surface area contributed by atoms with Gasteiger partial charge in [0.1, 0.15) is 11.5 Å². The first-order valence-corrected chi connectivity index (χ1v) is 8.10. The molecule has 0 bridgehead atoms. The first-order valence-electron chi connectivity index (χ1n) is 7.11. The second-order valence-corrected chi connectivity index (χ2v) is 7.12. The van der Waals surface area contributed by atoms with Crippen LogP contribution in [0.3, 0.4) is 0 Å². The molecule has 1 aliphatic rings. The van der Waals surface area contributed by atoms with E-state index in [0.29, 0.717) is 0 Å². The third-order valence-electron chi connectivity index (χ3n) is 3.93. The van der Waals surface area contributed by atoms with Crippen LogP contribution in [0.4, 0.5) is 0 Å². The number of benzene rings is 1. The molecule has 1 atom stereocenters. The monoisotopic (exact) mass is 295 g/mol. The molecule has 0 fully saturated rings. The van der Waals surface area contributed by atoms with Gasteiger partial charge in [0.15, 0.2) is 0 Å². The molecular weight excluding hydrogens is 270 g/mol. The molecule has 1 N–H and O–H groups in total. The predicted octanol–water partition coefficient (Wildman–Crippen LogP) is 3.76. The van der Waals surface area contributed by atoms with Gasteiger partial charge in [-0.1, -0.05) is 20.8 Å². The van der Waals surface area contributed by atoms with Crippen molar-refractivity contribution in [1.29, 1.82) is 0 Å². The molecule has 1 aromatic rings. The van der Waals surface area contributed by atoms with Gasteiger partial charge in [0.25, 0.3) is 0 Å². The summed E-state index contributed by atoms with van der Waals surface area (Å²) in [6.07, 6.45) is 0. The van der Waals surface area contributed by atoms with Crippen molar-refractivity contribution in [3.63, 3.8) is 0 Å². The molecule has 2 rings (SSSR count). The SMILES string of the molecule is CCSc1cc(OC)c2c(c1OC)C(C)NCC2(C)C. The molecule has 3 nitrogen and oxygen atoms in total. The van der Waals surface area contributed by atoms with E-state index in [4.69, 9.17) is 9.47 Å². The molecule has 1 aliphatic heterocycles. The lowest BCUT2D eigenvalue weighted by molar-refractivity contribution is 0.332. The number of nitrogens with one attached hydrogen (secondary N) is 1. The summed E-state index contributed by atoms with van der Waals surface area (Å²) in [5.41, 5.74) is 2.57. The summed E-state index contributed by atoms with van der Waals surface area (Å²) in [7, 11) is 3.52. The van der Waals surface area contributed by atoms with Crippen LogP contribution in [0, 0.1) is 0 Å². The lowest BCUT2D eigenvalue weighted by Gasteiger charge is -2.39. The maximum Gasteiger partial charge on any atom is 0.137 e. The molecule has 4 heteroatoms. The van der Waals surface area contributed by atoms with E-state index in [2.05, 4.69) is 39.1 Å². The Morgan fingerprint density at radius 1 is 1.35 bits per heavy atom. The number of methoxy groups -OCH3 is 2. The highest BCUT2D eigenvalue weighted by atomic mass is 32.2. The van der Waals surface area contributed by atoms with Crippen LogP contribution in [0.2, 0.25) is 0 Å². The molecule has 0 saturated carbocycles. The van der Waals surface area contributed by atoms with E-state index in [-0.39, 0.29) is 11.5 Å². The van der Waals surface area contributed by atoms with Crippen LogP contribution in [0.5, 0.6) is 11.5 Å². The first-order chi connectivity index (χ1) is 9.46. The van der Waals surface area contributed by atoms with Gasteiger partial charge in [-0.3, -0.25) is 0 Å². The minimum absolute atomic E-state index is 0.0376. The zero-order valence-corrected chi connectivity index (χ0v) is 14.1. The van der Waals surface area contributed by atoms with Gasteiger partial charge in [-0.25, -0.2) is 0 Å². The van der Waals surface area contributed by atoms with E-state index in [0.717, 1.165) is 28.7 Å². The average molecular weight is 295 g/mol. The fourth-order valence-electron chi connectivity index (χ4n) is 2.98. The summed E-state index contributed by atoms with van der Waals surface area (Å²) < 4.78 is 11.4. The quantitative estimate of drug-likeness (QED) is 0.857. The zero-order chi connectivity index (χ0) is 14.9. The molecule has 1 heterocycles. The van der Waals surface area contributed by atoms with Gasteiger partial charge in [-0.05, 0) is 18.7 Å². The Hall–Kier alpha value is -0.870. The van der Waals surface area contributed by atoms with Crippen molar-refractivity contribution in [1.82, 2.24) is 5.32 Å². The summed E-state index contributed by atoms with van der Waals surface area (Å²) in [6, 6.07) is 2.41. The molecule has 112 valence electrons. The van der Waals surface area contributed by atoms with Gasteiger partial charge in [0, 0.05) is 29.1 Å². The lowest BCUT2D eigenvalue weighted by atomic mass is 9.76. The van der Waals surface area contributed by atoms with Gasteiger partial charge in [0.2, 0.25) is 0 Å². The van der Waals surface area contributed by atoms with Gasteiger partial charge in [0.05, 0.1) is 19.1 Å². The number of hydrogen-bond donors (Lipinski definition) is 1. The Kier molecular flexibility index (Phi) is 4.55. The molecule has 1 unspecified atom stereocenters. The zero-order valence-electron chi connectivity index (χ0n) is 13.3. The topological polar surface area (TPSA) is 30.5 Å². The summed E-state index contributed by atoms with van der Waals surface area (Å²) in [6.45, 7) is 9.79. The molecule has 20 heavy (non-hydrogen) atoms. The maximum absolute atomic E-state index is 5.74. The molecule has 0 saturated heterocycles. The first kappa shape index (κ1) is 15.5. The third-order valence-corrected chi connectivity index (χ3v) is 4.83. The van der Waals surface area contributed by atoms with Crippen molar-refractivity contribution in [2.45, 2.75) is 44.0 Å². The summed E-state index contributed by atoms with van der Waals surface area (Å²) in [5.74, 6) is 3.00. The molecule has 1 aromatic carbocycles. The Balaban J connectivity index is 2.75. The highest BCUT2D eigenvalue weighted by Gasteiger charge is 2.37. The summed E-state index contributed by atoms with van der Waals surface area (Å²) in [5, 5.41) is 3.58. The largest absolute Gasteiger partial charge is 0.496 e. The smallest absolute Gasteiger partial charge is 0.137 e. The van der Waals surface area contributed by atoms with E-state index in [9.17, 15) is 0 Å². The number of hydrogen-bond acceptors (Lipinski definition) is 4. The normalized spacial score (nSPS) is 20.4. The van der Waals surface area contributed by atoms with Crippen molar-refractivity contribution >= 4 is 11.8 Å². The fourth-order valence-corrected chi connectivity index (χ4v) is 3.81.